The predicted molar refractivity (Wildman–Crippen MR) is 109 cm³/mol. The normalized spacial score (nSPS) is 19.1. The van der Waals surface area contributed by atoms with Gasteiger partial charge < -0.3 is 19.9 Å². The summed E-state index contributed by atoms with van der Waals surface area (Å²) >= 11 is 1.50. The van der Waals surface area contributed by atoms with Gasteiger partial charge in [0.15, 0.2) is 0 Å². The molecule has 0 radical (unpaired) electrons. The summed E-state index contributed by atoms with van der Waals surface area (Å²) in [7, 11) is 0. The summed E-state index contributed by atoms with van der Waals surface area (Å²) in [5.74, 6) is 0.430. The lowest BCUT2D eigenvalue weighted by molar-refractivity contribution is -0.140. The SMILES string of the molecule is Cc1cccc(NC(=O)CN(C[C@@H]2CCCO2)C(=O)CN2CSCC2=O)c1C. The molecule has 0 aliphatic carbocycles. The summed E-state index contributed by atoms with van der Waals surface area (Å²) in [5, 5.41) is 2.91. The monoisotopic (exact) mass is 405 g/mol. The first-order valence-electron chi connectivity index (χ1n) is 9.55. The molecule has 1 N–H and O–H groups in total. The lowest BCUT2D eigenvalue weighted by Crippen LogP contribution is -2.47. The molecule has 2 saturated heterocycles. The lowest BCUT2D eigenvalue weighted by atomic mass is 10.1. The summed E-state index contributed by atoms with van der Waals surface area (Å²) in [6.07, 6.45) is 1.78. The Bertz CT molecular complexity index is 749. The molecule has 0 saturated carbocycles. The summed E-state index contributed by atoms with van der Waals surface area (Å²) < 4.78 is 5.65. The van der Waals surface area contributed by atoms with Crippen molar-refractivity contribution in [2.75, 3.05) is 43.2 Å². The van der Waals surface area contributed by atoms with Crippen molar-refractivity contribution >= 4 is 35.2 Å². The van der Waals surface area contributed by atoms with Crippen LogP contribution in [-0.4, -0.2) is 71.5 Å². The highest BCUT2D eigenvalue weighted by Crippen LogP contribution is 2.19. The second-order valence-electron chi connectivity index (χ2n) is 7.27. The van der Waals surface area contributed by atoms with E-state index in [2.05, 4.69) is 5.32 Å². The highest BCUT2D eigenvalue weighted by Gasteiger charge is 2.29. The van der Waals surface area contributed by atoms with Gasteiger partial charge in [-0.05, 0) is 43.9 Å². The van der Waals surface area contributed by atoms with Crippen molar-refractivity contribution in [3.05, 3.63) is 29.3 Å². The fourth-order valence-electron chi connectivity index (χ4n) is 3.34. The van der Waals surface area contributed by atoms with Crippen LogP contribution < -0.4 is 5.32 Å². The van der Waals surface area contributed by atoms with E-state index in [4.69, 9.17) is 4.74 Å². The smallest absolute Gasteiger partial charge is 0.244 e. The van der Waals surface area contributed by atoms with Crippen LogP contribution in [0.15, 0.2) is 18.2 Å². The molecule has 152 valence electrons. The van der Waals surface area contributed by atoms with Gasteiger partial charge in [0.25, 0.3) is 0 Å². The van der Waals surface area contributed by atoms with Gasteiger partial charge in [-0.2, -0.15) is 0 Å². The fourth-order valence-corrected chi connectivity index (χ4v) is 4.25. The molecule has 0 bridgehead atoms. The molecule has 2 heterocycles. The molecule has 2 aliphatic rings. The van der Waals surface area contributed by atoms with E-state index in [0.29, 0.717) is 24.8 Å². The second-order valence-corrected chi connectivity index (χ2v) is 8.23. The van der Waals surface area contributed by atoms with Crippen LogP contribution in [0.5, 0.6) is 0 Å². The summed E-state index contributed by atoms with van der Waals surface area (Å²) in [4.78, 5) is 40.4. The summed E-state index contributed by atoms with van der Waals surface area (Å²) in [6.45, 7) is 4.95. The third-order valence-electron chi connectivity index (χ3n) is 5.17. The third-order valence-corrected chi connectivity index (χ3v) is 6.11. The number of benzene rings is 1. The minimum absolute atomic E-state index is 0.00923. The molecule has 2 aliphatic heterocycles. The number of carbonyl (C=O) groups excluding carboxylic acids is 3. The molecular formula is C20H27N3O4S. The van der Waals surface area contributed by atoms with Gasteiger partial charge in [-0.25, -0.2) is 0 Å². The number of anilines is 1. The quantitative estimate of drug-likeness (QED) is 0.748. The Morgan fingerprint density at radius 3 is 2.86 bits per heavy atom. The zero-order chi connectivity index (χ0) is 20.1. The average Bonchev–Trinajstić information content (AvgIpc) is 3.30. The standard InChI is InChI=1S/C20H27N3O4S/c1-14-5-3-7-17(15(14)2)21-18(24)10-22(9-16-6-4-8-27-16)19(25)11-23-13-28-12-20(23)26/h3,5,7,16H,4,6,8-13H2,1-2H3,(H,21,24)/t16-/m0/s1. The van der Waals surface area contributed by atoms with Gasteiger partial charge in [-0.3, -0.25) is 14.4 Å². The molecule has 28 heavy (non-hydrogen) atoms. The van der Waals surface area contributed by atoms with Crippen LogP contribution in [0.4, 0.5) is 5.69 Å². The summed E-state index contributed by atoms with van der Waals surface area (Å²) in [6, 6.07) is 5.74. The Balaban J connectivity index is 1.65. The van der Waals surface area contributed by atoms with Crippen LogP contribution in [0.25, 0.3) is 0 Å². The minimum atomic E-state index is -0.248. The van der Waals surface area contributed by atoms with Crippen molar-refractivity contribution in [1.29, 1.82) is 0 Å². The van der Waals surface area contributed by atoms with Crippen LogP contribution in [0.3, 0.4) is 0 Å². The number of nitrogens with one attached hydrogen (secondary N) is 1. The number of aryl methyl sites for hydroxylation is 1. The van der Waals surface area contributed by atoms with Gasteiger partial charge in [0.1, 0.15) is 13.1 Å². The number of hydrogen-bond acceptors (Lipinski definition) is 5. The Kier molecular flexibility index (Phi) is 6.96. The average molecular weight is 406 g/mol. The minimum Gasteiger partial charge on any atom is -0.376 e. The van der Waals surface area contributed by atoms with E-state index in [-0.39, 0.29) is 36.9 Å². The number of carbonyl (C=O) groups is 3. The number of rotatable bonds is 7. The van der Waals surface area contributed by atoms with E-state index in [1.54, 1.807) is 0 Å². The number of amides is 3. The Morgan fingerprint density at radius 1 is 1.36 bits per heavy atom. The van der Waals surface area contributed by atoms with Gasteiger partial charge in [0.05, 0.1) is 17.7 Å². The van der Waals surface area contributed by atoms with Crippen LogP contribution >= 0.6 is 11.8 Å². The van der Waals surface area contributed by atoms with Crippen molar-refractivity contribution in [3.8, 4) is 0 Å². The van der Waals surface area contributed by atoms with Crippen LogP contribution in [0.2, 0.25) is 0 Å². The van der Waals surface area contributed by atoms with Crippen LogP contribution in [-0.2, 0) is 19.1 Å². The molecular weight excluding hydrogens is 378 g/mol. The highest BCUT2D eigenvalue weighted by molar-refractivity contribution is 8.00. The molecule has 3 rings (SSSR count). The van der Waals surface area contributed by atoms with Crippen LogP contribution in [0.1, 0.15) is 24.0 Å². The number of hydrogen-bond donors (Lipinski definition) is 1. The van der Waals surface area contributed by atoms with Crippen molar-refractivity contribution in [2.45, 2.75) is 32.8 Å². The molecule has 1 atom stereocenters. The number of ether oxygens (including phenoxy) is 1. The molecule has 8 heteroatoms. The first kappa shape index (κ1) is 20.7. The molecule has 7 nitrogen and oxygen atoms in total. The lowest BCUT2D eigenvalue weighted by Gasteiger charge is -2.27. The van der Waals surface area contributed by atoms with E-state index in [1.807, 2.05) is 32.0 Å². The largest absolute Gasteiger partial charge is 0.376 e. The van der Waals surface area contributed by atoms with Crippen molar-refractivity contribution < 1.29 is 19.1 Å². The van der Waals surface area contributed by atoms with Crippen molar-refractivity contribution in [3.63, 3.8) is 0 Å². The zero-order valence-corrected chi connectivity index (χ0v) is 17.2. The van der Waals surface area contributed by atoms with E-state index in [0.717, 1.165) is 29.7 Å². The fraction of sp³-hybridized carbons (Fsp3) is 0.550. The Labute approximate surface area is 169 Å². The van der Waals surface area contributed by atoms with E-state index in [9.17, 15) is 14.4 Å². The van der Waals surface area contributed by atoms with E-state index in [1.165, 1.54) is 21.6 Å². The van der Waals surface area contributed by atoms with Gasteiger partial charge >= 0.3 is 0 Å². The van der Waals surface area contributed by atoms with Gasteiger partial charge in [0, 0.05) is 18.8 Å². The molecule has 1 aromatic rings. The molecule has 0 spiro atoms. The Hall–Kier alpha value is -2.06. The zero-order valence-electron chi connectivity index (χ0n) is 16.4. The van der Waals surface area contributed by atoms with Crippen molar-refractivity contribution in [2.24, 2.45) is 0 Å². The second kappa shape index (κ2) is 9.43. The van der Waals surface area contributed by atoms with Crippen molar-refractivity contribution in [1.82, 2.24) is 9.80 Å². The first-order valence-corrected chi connectivity index (χ1v) is 10.7. The van der Waals surface area contributed by atoms with E-state index >= 15 is 0 Å². The molecule has 1 aromatic carbocycles. The Morgan fingerprint density at radius 2 is 2.18 bits per heavy atom. The maximum Gasteiger partial charge on any atom is 0.244 e. The van der Waals surface area contributed by atoms with Gasteiger partial charge in [-0.15, -0.1) is 11.8 Å². The number of nitrogens with zero attached hydrogens (tertiary/aromatic N) is 2. The summed E-state index contributed by atoms with van der Waals surface area (Å²) in [5.41, 5.74) is 2.85. The highest BCUT2D eigenvalue weighted by atomic mass is 32.2. The topological polar surface area (TPSA) is 79.0 Å². The molecule has 2 fully saturated rings. The van der Waals surface area contributed by atoms with Crippen LogP contribution in [0, 0.1) is 13.8 Å². The van der Waals surface area contributed by atoms with E-state index < -0.39 is 0 Å². The molecule has 3 amide bonds. The molecule has 0 unspecified atom stereocenters. The third kappa shape index (κ3) is 5.26. The first-order chi connectivity index (χ1) is 13.4. The van der Waals surface area contributed by atoms with Gasteiger partial charge in [-0.1, -0.05) is 12.1 Å². The van der Waals surface area contributed by atoms with Gasteiger partial charge in [0.2, 0.25) is 17.7 Å². The predicted octanol–water partition coefficient (Wildman–Crippen LogP) is 1.78. The molecule has 0 aromatic heterocycles. The maximum atomic E-state index is 12.8. The maximum absolute atomic E-state index is 12.8. The number of thioether (sulfide) groups is 1.